The third-order valence-electron chi connectivity index (χ3n) is 1.91. The maximum atomic E-state index is 10.8. The molecule has 0 heterocycles. The molecule has 0 aromatic heterocycles. The zero-order valence-corrected chi connectivity index (χ0v) is 8.44. The molecule has 0 bridgehead atoms. The fraction of sp³-hybridized carbons (Fsp3) is 0.889. The predicted molar refractivity (Wildman–Crippen MR) is 51.9 cm³/mol. The van der Waals surface area contributed by atoms with E-state index >= 15 is 0 Å². The van der Waals surface area contributed by atoms with Crippen LogP contribution in [0.4, 0.5) is 0 Å². The lowest BCUT2D eigenvalue weighted by molar-refractivity contribution is -0.135. The lowest BCUT2D eigenvalue weighted by Crippen LogP contribution is -2.42. The van der Waals surface area contributed by atoms with Crippen LogP contribution < -0.4 is 5.32 Å². The molecule has 0 radical (unpaired) electrons. The van der Waals surface area contributed by atoms with Crippen molar-refractivity contribution in [1.29, 1.82) is 0 Å². The molecule has 0 saturated carbocycles. The van der Waals surface area contributed by atoms with Crippen LogP contribution in [0.5, 0.6) is 0 Å². The molecular weight excluding hydrogens is 186 g/mol. The van der Waals surface area contributed by atoms with Crippen LogP contribution in [0.3, 0.4) is 0 Å². The van der Waals surface area contributed by atoms with Crippen molar-refractivity contribution in [3.05, 3.63) is 0 Å². The molecule has 0 amide bonds. The van der Waals surface area contributed by atoms with Gasteiger partial charge in [0, 0.05) is 6.54 Å². The minimum Gasteiger partial charge on any atom is -0.389 e. The number of carbonyl (C=O) groups is 1. The van der Waals surface area contributed by atoms with E-state index in [4.69, 9.17) is 10.2 Å². The van der Waals surface area contributed by atoms with E-state index < -0.39 is 24.6 Å². The fourth-order valence-electron chi connectivity index (χ4n) is 0.971. The van der Waals surface area contributed by atoms with Crippen LogP contribution in [0.15, 0.2) is 0 Å². The number of aliphatic hydroxyl groups excluding tert-OH is 3. The van der Waals surface area contributed by atoms with E-state index in [9.17, 15) is 9.90 Å². The second kappa shape index (κ2) is 7.87. The summed E-state index contributed by atoms with van der Waals surface area (Å²) in [6, 6.07) is 0. The Kier molecular flexibility index (Phi) is 7.60. The highest BCUT2D eigenvalue weighted by molar-refractivity contribution is 5.84. The lowest BCUT2D eigenvalue weighted by atomic mass is 10.1. The summed E-state index contributed by atoms with van der Waals surface area (Å²) in [5, 5.41) is 29.7. The van der Waals surface area contributed by atoms with Gasteiger partial charge in [-0.1, -0.05) is 13.3 Å². The Morgan fingerprint density at radius 2 is 2.07 bits per heavy atom. The number of unbranched alkanes of at least 4 members (excludes halogenated alkanes) is 1. The number of nitrogens with one attached hydrogen (secondary N) is 1. The summed E-state index contributed by atoms with van der Waals surface area (Å²) in [5.41, 5.74) is 0. The molecule has 0 aliphatic carbocycles. The van der Waals surface area contributed by atoms with Crippen molar-refractivity contribution in [1.82, 2.24) is 5.32 Å². The van der Waals surface area contributed by atoms with E-state index in [1.807, 2.05) is 6.92 Å². The van der Waals surface area contributed by atoms with Gasteiger partial charge in [0.1, 0.15) is 12.7 Å². The van der Waals surface area contributed by atoms with Crippen molar-refractivity contribution >= 4 is 5.78 Å². The highest BCUT2D eigenvalue weighted by atomic mass is 16.3. The van der Waals surface area contributed by atoms with Crippen molar-refractivity contribution in [3.8, 4) is 0 Å². The first kappa shape index (κ1) is 13.5. The molecule has 0 rings (SSSR count). The Labute approximate surface area is 83.8 Å². The van der Waals surface area contributed by atoms with Crippen LogP contribution in [-0.4, -0.2) is 53.0 Å². The quantitative estimate of drug-likeness (QED) is 0.368. The minimum absolute atomic E-state index is 0.160. The van der Waals surface area contributed by atoms with E-state index in [-0.39, 0.29) is 6.54 Å². The van der Waals surface area contributed by atoms with Crippen LogP contribution in [0, 0.1) is 0 Å². The molecule has 4 N–H and O–H groups in total. The van der Waals surface area contributed by atoms with Crippen molar-refractivity contribution in [2.45, 2.75) is 32.0 Å². The van der Waals surface area contributed by atoms with Gasteiger partial charge in [0.25, 0.3) is 0 Å². The Morgan fingerprint density at radius 1 is 1.43 bits per heavy atom. The second-order valence-corrected chi connectivity index (χ2v) is 3.19. The molecule has 0 aliphatic rings. The molecule has 0 spiro atoms. The summed E-state index contributed by atoms with van der Waals surface area (Å²) in [6.45, 7) is 2.20. The van der Waals surface area contributed by atoms with E-state index in [1.54, 1.807) is 0 Å². The number of rotatable bonds is 8. The minimum atomic E-state index is -1.49. The third kappa shape index (κ3) is 5.29. The molecule has 0 aromatic rings. The van der Waals surface area contributed by atoms with Gasteiger partial charge < -0.3 is 20.6 Å². The molecule has 0 fully saturated rings. The molecule has 0 unspecified atom stereocenters. The van der Waals surface area contributed by atoms with E-state index in [0.717, 1.165) is 19.4 Å². The average molecular weight is 205 g/mol. The third-order valence-corrected chi connectivity index (χ3v) is 1.91. The molecule has 84 valence electrons. The smallest absolute Gasteiger partial charge is 0.189 e. The first-order valence-corrected chi connectivity index (χ1v) is 4.83. The summed E-state index contributed by atoms with van der Waals surface area (Å²) >= 11 is 0. The van der Waals surface area contributed by atoms with Crippen molar-refractivity contribution in [3.63, 3.8) is 0 Å². The van der Waals surface area contributed by atoms with Crippen molar-refractivity contribution in [2.24, 2.45) is 0 Å². The van der Waals surface area contributed by atoms with Crippen LogP contribution >= 0.6 is 0 Å². The number of carbonyl (C=O) groups excluding carboxylic acids is 1. The van der Waals surface area contributed by atoms with Crippen molar-refractivity contribution < 1.29 is 20.1 Å². The van der Waals surface area contributed by atoms with Gasteiger partial charge in [-0.25, -0.2) is 0 Å². The van der Waals surface area contributed by atoms with Crippen LogP contribution in [0.2, 0.25) is 0 Å². The molecular formula is C9H19NO4. The summed E-state index contributed by atoms with van der Waals surface area (Å²) < 4.78 is 0. The van der Waals surface area contributed by atoms with Gasteiger partial charge in [-0.05, 0) is 13.0 Å². The van der Waals surface area contributed by atoms with Crippen LogP contribution in [-0.2, 0) is 4.79 Å². The van der Waals surface area contributed by atoms with Gasteiger partial charge in [0.2, 0.25) is 0 Å². The predicted octanol–water partition coefficient (Wildman–Crippen LogP) is -1.34. The molecule has 2 atom stereocenters. The Bertz CT molecular complexity index is 163. The summed E-state index contributed by atoms with van der Waals surface area (Å²) in [6.07, 6.45) is -0.613. The van der Waals surface area contributed by atoms with Gasteiger partial charge in [-0.15, -0.1) is 0 Å². The van der Waals surface area contributed by atoms with Gasteiger partial charge in [-0.3, -0.25) is 4.79 Å². The highest BCUT2D eigenvalue weighted by Crippen LogP contribution is 1.94. The molecule has 0 aliphatic heterocycles. The van der Waals surface area contributed by atoms with Gasteiger partial charge in [-0.2, -0.15) is 0 Å². The molecule has 0 saturated heterocycles. The molecule has 5 heteroatoms. The SMILES string of the molecule is CCCCNC[C@H](O)[C@H](O)C(=O)CO. The van der Waals surface area contributed by atoms with Gasteiger partial charge in [0.05, 0.1) is 6.10 Å². The highest BCUT2D eigenvalue weighted by Gasteiger charge is 2.22. The monoisotopic (exact) mass is 205 g/mol. The maximum Gasteiger partial charge on any atom is 0.189 e. The summed E-state index contributed by atoms with van der Waals surface area (Å²) in [4.78, 5) is 10.8. The second-order valence-electron chi connectivity index (χ2n) is 3.19. The first-order chi connectivity index (χ1) is 6.63. The largest absolute Gasteiger partial charge is 0.389 e. The summed E-state index contributed by atoms with van der Waals surface area (Å²) in [7, 11) is 0. The number of Topliss-reactive ketones (excluding diaryl/α,β-unsaturated/α-hetero) is 1. The van der Waals surface area contributed by atoms with Gasteiger partial charge in [0.15, 0.2) is 5.78 Å². The number of hydrogen-bond donors (Lipinski definition) is 4. The fourth-order valence-corrected chi connectivity index (χ4v) is 0.971. The molecule has 14 heavy (non-hydrogen) atoms. The average Bonchev–Trinajstić information content (AvgIpc) is 2.21. The Morgan fingerprint density at radius 3 is 2.57 bits per heavy atom. The van der Waals surface area contributed by atoms with Gasteiger partial charge >= 0.3 is 0 Å². The topological polar surface area (TPSA) is 89.8 Å². The standard InChI is InChI=1S/C9H19NO4/c1-2-3-4-10-5-7(12)9(14)8(13)6-11/h7,9-12,14H,2-6H2,1H3/t7-,9-/m0/s1. The molecule has 0 aromatic carbocycles. The normalized spacial score (nSPS) is 15.1. The zero-order chi connectivity index (χ0) is 11.0. The number of aliphatic hydroxyl groups is 3. The lowest BCUT2D eigenvalue weighted by Gasteiger charge is -2.16. The number of hydrogen-bond acceptors (Lipinski definition) is 5. The van der Waals surface area contributed by atoms with E-state index in [0.29, 0.717) is 0 Å². The Hall–Kier alpha value is -0.490. The van der Waals surface area contributed by atoms with Crippen LogP contribution in [0.1, 0.15) is 19.8 Å². The van der Waals surface area contributed by atoms with E-state index in [1.165, 1.54) is 0 Å². The maximum absolute atomic E-state index is 10.8. The van der Waals surface area contributed by atoms with E-state index in [2.05, 4.69) is 5.32 Å². The van der Waals surface area contributed by atoms with Crippen LogP contribution in [0.25, 0.3) is 0 Å². The summed E-state index contributed by atoms with van der Waals surface area (Å²) in [5.74, 6) is -0.755. The Balaban J connectivity index is 3.61. The van der Waals surface area contributed by atoms with Crippen molar-refractivity contribution in [2.75, 3.05) is 19.7 Å². The number of ketones is 1. The first-order valence-electron chi connectivity index (χ1n) is 4.83. The molecule has 5 nitrogen and oxygen atoms in total. The zero-order valence-electron chi connectivity index (χ0n) is 8.44.